The summed E-state index contributed by atoms with van der Waals surface area (Å²) >= 11 is 0. The minimum absolute atomic E-state index is 0. The standard InChI is InChI=1S/C13H24O2.Na/c1-4-5-6-7-8-10-11(9-12(14)15)13(10,2)3;/h10-11H,4-9H2,1-3H3,(H,14,15);/q;+1/p-1. The quantitative estimate of drug-likeness (QED) is 0.435. The van der Waals surface area contributed by atoms with E-state index in [0.29, 0.717) is 11.8 Å². The smallest absolute Gasteiger partial charge is 0.550 e. The summed E-state index contributed by atoms with van der Waals surface area (Å²) in [6, 6.07) is 0. The maximum atomic E-state index is 10.5. The van der Waals surface area contributed by atoms with E-state index in [-0.39, 0.29) is 41.4 Å². The molecule has 0 aromatic carbocycles. The molecule has 0 aromatic rings. The van der Waals surface area contributed by atoms with Crippen molar-refractivity contribution in [2.75, 3.05) is 0 Å². The van der Waals surface area contributed by atoms with Gasteiger partial charge in [0, 0.05) is 5.97 Å². The van der Waals surface area contributed by atoms with E-state index < -0.39 is 5.97 Å². The third-order valence-corrected chi connectivity index (χ3v) is 4.04. The van der Waals surface area contributed by atoms with Crippen molar-refractivity contribution in [3.05, 3.63) is 0 Å². The molecule has 0 spiro atoms. The number of aliphatic carboxylic acids is 1. The van der Waals surface area contributed by atoms with Crippen LogP contribution in [0.15, 0.2) is 0 Å². The molecule has 0 saturated heterocycles. The van der Waals surface area contributed by atoms with Crippen LogP contribution in [0.5, 0.6) is 0 Å². The molecule has 0 radical (unpaired) electrons. The van der Waals surface area contributed by atoms with Crippen LogP contribution in [0.2, 0.25) is 0 Å². The summed E-state index contributed by atoms with van der Waals surface area (Å²) in [5.74, 6) is 0.0977. The molecule has 1 rings (SSSR count). The van der Waals surface area contributed by atoms with E-state index in [4.69, 9.17) is 0 Å². The topological polar surface area (TPSA) is 40.1 Å². The van der Waals surface area contributed by atoms with Crippen molar-refractivity contribution in [3.8, 4) is 0 Å². The van der Waals surface area contributed by atoms with Crippen LogP contribution in [0.4, 0.5) is 0 Å². The Morgan fingerprint density at radius 1 is 1.19 bits per heavy atom. The molecule has 0 heterocycles. The molecule has 2 unspecified atom stereocenters. The van der Waals surface area contributed by atoms with Crippen LogP contribution in [-0.4, -0.2) is 5.97 Å². The van der Waals surface area contributed by atoms with Crippen LogP contribution in [0.3, 0.4) is 0 Å². The van der Waals surface area contributed by atoms with E-state index in [1.165, 1.54) is 32.1 Å². The maximum absolute atomic E-state index is 10.5. The Morgan fingerprint density at radius 3 is 2.31 bits per heavy atom. The van der Waals surface area contributed by atoms with Gasteiger partial charge < -0.3 is 9.90 Å². The van der Waals surface area contributed by atoms with Crippen molar-refractivity contribution in [3.63, 3.8) is 0 Å². The Bertz CT molecular complexity index is 226. The first-order valence-electron chi connectivity index (χ1n) is 6.20. The molecule has 0 amide bonds. The number of carboxylic acids is 1. The predicted molar refractivity (Wildman–Crippen MR) is 59.1 cm³/mol. The summed E-state index contributed by atoms with van der Waals surface area (Å²) in [7, 11) is 0. The Hall–Kier alpha value is 0.470. The molecular weight excluding hydrogens is 211 g/mol. The van der Waals surface area contributed by atoms with Gasteiger partial charge in [-0.1, -0.05) is 46.5 Å². The van der Waals surface area contributed by atoms with E-state index >= 15 is 0 Å². The summed E-state index contributed by atoms with van der Waals surface area (Å²) in [4.78, 5) is 10.5. The number of unbranched alkanes of at least 4 members (excludes halogenated alkanes) is 3. The van der Waals surface area contributed by atoms with Crippen LogP contribution < -0.4 is 34.7 Å². The van der Waals surface area contributed by atoms with Crippen molar-refractivity contribution in [1.29, 1.82) is 0 Å². The average molecular weight is 234 g/mol. The molecule has 16 heavy (non-hydrogen) atoms. The molecule has 1 aliphatic rings. The second-order valence-electron chi connectivity index (χ2n) is 5.46. The number of rotatable bonds is 7. The SMILES string of the molecule is CCCCCCC1C(CC(=O)[O-])C1(C)C.[Na+]. The van der Waals surface area contributed by atoms with Crippen molar-refractivity contribution >= 4 is 5.97 Å². The molecular formula is C13H23NaO2. The Labute approximate surface area is 121 Å². The first-order chi connectivity index (χ1) is 7.00. The fourth-order valence-electron chi connectivity index (χ4n) is 2.81. The monoisotopic (exact) mass is 234 g/mol. The third-order valence-electron chi connectivity index (χ3n) is 4.04. The van der Waals surface area contributed by atoms with Crippen molar-refractivity contribution in [1.82, 2.24) is 0 Å². The van der Waals surface area contributed by atoms with E-state index in [9.17, 15) is 9.90 Å². The summed E-state index contributed by atoms with van der Waals surface area (Å²) < 4.78 is 0. The van der Waals surface area contributed by atoms with E-state index in [1.54, 1.807) is 0 Å². The van der Waals surface area contributed by atoms with Gasteiger partial charge in [0.25, 0.3) is 0 Å². The second-order valence-corrected chi connectivity index (χ2v) is 5.46. The van der Waals surface area contributed by atoms with Crippen LogP contribution in [0.1, 0.15) is 59.3 Å². The molecule has 0 aliphatic heterocycles. The van der Waals surface area contributed by atoms with E-state index in [0.717, 1.165) is 0 Å². The van der Waals surface area contributed by atoms with Gasteiger partial charge in [0.1, 0.15) is 0 Å². The molecule has 2 nitrogen and oxygen atoms in total. The van der Waals surface area contributed by atoms with Crippen LogP contribution in [0.25, 0.3) is 0 Å². The molecule has 2 atom stereocenters. The van der Waals surface area contributed by atoms with E-state index in [1.807, 2.05) is 0 Å². The normalized spacial score (nSPS) is 25.9. The van der Waals surface area contributed by atoms with Crippen LogP contribution in [-0.2, 0) is 4.79 Å². The Morgan fingerprint density at radius 2 is 1.81 bits per heavy atom. The van der Waals surface area contributed by atoms with Crippen molar-refractivity contribution in [2.24, 2.45) is 17.3 Å². The summed E-state index contributed by atoms with van der Waals surface area (Å²) in [6.45, 7) is 6.58. The van der Waals surface area contributed by atoms with Gasteiger partial charge in [-0.05, 0) is 30.1 Å². The molecule has 1 fully saturated rings. The number of hydrogen-bond donors (Lipinski definition) is 0. The summed E-state index contributed by atoms with van der Waals surface area (Å²) in [5, 5.41) is 10.5. The van der Waals surface area contributed by atoms with E-state index in [2.05, 4.69) is 20.8 Å². The van der Waals surface area contributed by atoms with Crippen molar-refractivity contribution in [2.45, 2.75) is 59.3 Å². The zero-order chi connectivity index (χ0) is 11.5. The summed E-state index contributed by atoms with van der Waals surface area (Å²) in [6.07, 6.45) is 6.57. The van der Waals surface area contributed by atoms with Gasteiger partial charge in [0.15, 0.2) is 0 Å². The molecule has 1 aliphatic carbocycles. The van der Waals surface area contributed by atoms with Gasteiger partial charge in [0.2, 0.25) is 0 Å². The van der Waals surface area contributed by atoms with Gasteiger partial charge in [0.05, 0.1) is 0 Å². The zero-order valence-corrected chi connectivity index (χ0v) is 13.2. The number of hydrogen-bond acceptors (Lipinski definition) is 2. The molecule has 0 bridgehead atoms. The Kier molecular flexibility index (Phi) is 7.23. The molecule has 0 aromatic heterocycles. The molecule has 3 heteroatoms. The third kappa shape index (κ3) is 4.38. The number of carbonyl (C=O) groups is 1. The zero-order valence-electron chi connectivity index (χ0n) is 11.2. The molecule has 0 N–H and O–H groups in total. The number of carboxylic acid groups (broad SMARTS) is 1. The first-order valence-corrected chi connectivity index (χ1v) is 6.20. The second kappa shape index (κ2) is 7.03. The van der Waals surface area contributed by atoms with Gasteiger partial charge in [-0.15, -0.1) is 0 Å². The number of carbonyl (C=O) groups excluding carboxylic acids is 1. The van der Waals surface area contributed by atoms with Crippen LogP contribution in [0, 0.1) is 17.3 Å². The minimum Gasteiger partial charge on any atom is -0.550 e. The van der Waals surface area contributed by atoms with Gasteiger partial charge in [-0.25, -0.2) is 0 Å². The molecule has 88 valence electrons. The average Bonchev–Trinajstić information content (AvgIpc) is 2.62. The fourth-order valence-corrected chi connectivity index (χ4v) is 2.81. The van der Waals surface area contributed by atoms with Gasteiger partial charge in [-0.3, -0.25) is 0 Å². The van der Waals surface area contributed by atoms with Gasteiger partial charge >= 0.3 is 29.6 Å². The predicted octanol–water partition coefficient (Wildman–Crippen LogP) is -0.627. The summed E-state index contributed by atoms with van der Waals surface area (Å²) in [5.41, 5.74) is 0.242. The molecule has 1 saturated carbocycles. The maximum Gasteiger partial charge on any atom is 1.00 e. The minimum atomic E-state index is -0.885. The Balaban J connectivity index is 0.00000225. The van der Waals surface area contributed by atoms with Crippen LogP contribution >= 0.6 is 0 Å². The van der Waals surface area contributed by atoms with Crippen molar-refractivity contribution < 1.29 is 39.5 Å². The first kappa shape index (κ1) is 16.5. The fraction of sp³-hybridized carbons (Fsp3) is 0.923. The van der Waals surface area contributed by atoms with Gasteiger partial charge in [-0.2, -0.15) is 0 Å². The largest absolute Gasteiger partial charge is 1.00 e.